The Bertz CT molecular complexity index is 972. The highest BCUT2D eigenvalue weighted by molar-refractivity contribution is 9.10. The number of aryl methyl sites for hydroxylation is 1. The third-order valence-electron chi connectivity index (χ3n) is 4.53. The second kappa shape index (κ2) is 7.01. The fourth-order valence-corrected chi connectivity index (χ4v) is 3.84. The molecule has 1 nitrogen and oxygen atoms in total. The van der Waals surface area contributed by atoms with Crippen molar-refractivity contribution >= 4 is 29.2 Å². The third-order valence-corrected chi connectivity index (χ3v) is 5.34. The Hall–Kier alpha value is -2.52. The monoisotopic (exact) mass is 397 g/mol. The Morgan fingerprint density at radius 3 is 1.73 bits per heavy atom. The van der Waals surface area contributed by atoms with E-state index < -0.39 is 0 Å². The van der Waals surface area contributed by atoms with Crippen molar-refractivity contribution in [2.75, 3.05) is 0 Å². The molecule has 0 saturated heterocycles. The molecule has 0 fully saturated rings. The van der Waals surface area contributed by atoms with Gasteiger partial charge in [-0.15, -0.1) is 0 Å². The van der Waals surface area contributed by atoms with E-state index in [4.69, 9.17) is 7.85 Å². The van der Waals surface area contributed by atoms with Crippen LogP contribution in [0.5, 0.6) is 0 Å². The van der Waals surface area contributed by atoms with Crippen LogP contribution in [0.1, 0.15) is 5.56 Å². The maximum Gasteiger partial charge on any atom is 0.118 e. The number of benzene rings is 3. The van der Waals surface area contributed by atoms with Gasteiger partial charge in [-0.05, 0) is 46.1 Å². The molecule has 0 atom stereocenters. The fraction of sp³-hybridized carbons (Fsp3) is 0.0435. The molecule has 0 aliphatic carbocycles. The lowest BCUT2D eigenvalue weighted by Gasteiger charge is -2.15. The van der Waals surface area contributed by atoms with Crippen LogP contribution in [0.15, 0.2) is 89.4 Å². The fourth-order valence-electron chi connectivity index (χ4n) is 3.25. The van der Waals surface area contributed by atoms with Crippen molar-refractivity contribution in [3.8, 4) is 28.2 Å². The average Bonchev–Trinajstić information content (AvgIpc) is 2.95. The van der Waals surface area contributed by atoms with Gasteiger partial charge in [-0.1, -0.05) is 83.8 Å². The summed E-state index contributed by atoms with van der Waals surface area (Å²) in [5, 5.41) is 0. The second-order valence-corrected chi connectivity index (χ2v) is 7.12. The quantitative estimate of drug-likeness (QED) is 0.392. The van der Waals surface area contributed by atoms with E-state index in [0.29, 0.717) is 0 Å². The van der Waals surface area contributed by atoms with E-state index in [1.165, 1.54) is 5.56 Å². The Balaban J connectivity index is 2.08. The summed E-state index contributed by atoms with van der Waals surface area (Å²) >= 11 is 3.75. The van der Waals surface area contributed by atoms with Gasteiger partial charge in [0.05, 0.1) is 5.69 Å². The zero-order valence-electron chi connectivity index (χ0n) is 14.5. The molecule has 0 aliphatic heterocycles. The molecule has 0 N–H and O–H groups in total. The van der Waals surface area contributed by atoms with Gasteiger partial charge in [-0.25, -0.2) is 0 Å². The topological polar surface area (TPSA) is 4.93 Å². The number of hydrogen-bond acceptors (Lipinski definition) is 0. The van der Waals surface area contributed by atoms with Crippen molar-refractivity contribution < 1.29 is 0 Å². The molecule has 2 radical (unpaired) electrons. The molecule has 26 heavy (non-hydrogen) atoms. The largest absolute Gasteiger partial charge is 0.309 e. The summed E-state index contributed by atoms with van der Waals surface area (Å²) in [6.45, 7) is 2.10. The maximum atomic E-state index is 6.57. The standard InChI is InChI=1S/C23H17BBrN/c1-16-12-14-19(15-13-16)26-22(17-8-4-2-5-9-17)20(24)21(25)23(26)18-10-6-3-7-11-18/h2-15H,1H3. The Morgan fingerprint density at radius 2 is 1.19 bits per heavy atom. The molecule has 4 aromatic rings. The van der Waals surface area contributed by atoms with Crippen LogP contribution in [0.3, 0.4) is 0 Å². The van der Waals surface area contributed by atoms with Gasteiger partial charge in [0.25, 0.3) is 0 Å². The molecule has 0 aliphatic rings. The van der Waals surface area contributed by atoms with Crippen molar-refractivity contribution in [3.05, 3.63) is 95.0 Å². The van der Waals surface area contributed by atoms with Crippen LogP contribution in [-0.2, 0) is 0 Å². The van der Waals surface area contributed by atoms with Crippen LogP contribution in [0, 0.1) is 6.92 Å². The molecule has 1 heterocycles. The van der Waals surface area contributed by atoms with E-state index in [9.17, 15) is 0 Å². The number of hydrogen-bond donors (Lipinski definition) is 0. The lowest BCUT2D eigenvalue weighted by atomic mass is 9.92. The van der Waals surface area contributed by atoms with Crippen LogP contribution >= 0.6 is 15.9 Å². The molecular weight excluding hydrogens is 381 g/mol. The summed E-state index contributed by atoms with van der Waals surface area (Å²) in [4.78, 5) is 0. The first kappa shape index (κ1) is 16.9. The highest BCUT2D eigenvalue weighted by Gasteiger charge is 2.21. The Kier molecular flexibility index (Phi) is 4.56. The molecule has 124 valence electrons. The average molecular weight is 398 g/mol. The second-order valence-electron chi connectivity index (χ2n) is 6.33. The molecule has 0 unspecified atom stereocenters. The molecule has 0 bridgehead atoms. The van der Waals surface area contributed by atoms with Crippen molar-refractivity contribution in [2.24, 2.45) is 0 Å². The van der Waals surface area contributed by atoms with E-state index in [2.05, 4.69) is 76.0 Å². The summed E-state index contributed by atoms with van der Waals surface area (Å²) in [6.07, 6.45) is 0. The summed E-state index contributed by atoms with van der Waals surface area (Å²) in [5.41, 5.74) is 7.34. The lowest BCUT2D eigenvalue weighted by Crippen LogP contribution is -2.08. The predicted molar refractivity (Wildman–Crippen MR) is 114 cm³/mol. The molecule has 0 amide bonds. The van der Waals surface area contributed by atoms with Gasteiger partial charge in [-0.3, -0.25) is 0 Å². The maximum absolute atomic E-state index is 6.57. The number of nitrogens with zero attached hydrogens (tertiary/aromatic N) is 1. The van der Waals surface area contributed by atoms with Crippen molar-refractivity contribution in [2.45, 2.75) is 6.92 Å². The van der Waals surface area contributed by atoms with E-state index in [0.717, 1.165) is 38.1 Å². The summed E-state index contributed by atoms with van der Waals surface area (Å²) in [6, 6.07) is 29.2. The van der Waals surface area contributed by atoms with Gasteiger partial charge in [0.1, 0.15) is 7.85 Å². The molecule has 0 spiro atoms. The molecule has 3 heteroatoms. The molecule has 4 rings (SSSR count). The van der Waals surface area contributed by atoms with Crippen molar-refractivity contribution in [1.29, 1.82) is 0 Å². The Morgan fingerprint density at radius 1 is 0.692 bits per heavy atom. The van der Waals surface area contributed by atoms with Gasteiger partial charge in [0, 0.05) is 15.9 Å². The zero-order chi connectivity index (χ0) is 18.1. The minimum atomic E-state index is 0.746. The summed E-state index contributed by atoms with van der Waals surface area (Å²) < 4.78 is 3.16. The normalized spacial score (nSPS) is 10.8. The van der Waals surface area contributed by atoms with Crippen LogP contribution in [-0.4, -0.2) is 12.4 Å². The number of rotatable bonds is 3. The van der Waals surface area contributed by atoms with Gasteiger partial charge in [0.15, 0.2) is 0 Å². The third kappa shape index (κ3) is 2.93. The van der Waals surface area contributed by atoms with Crippen molar-refractivity contribution in [3.63, 3.8) is 0 Å². The minimum absolute atomic E-state index is 0.746. The van der Waals surface area contributed by atoms with Crippen LogP contribution < -0.4 is 5.46 Å². The molecule has 1 aromatic heterocycles. The Labute approximate surface area is 163 Å². The SMILES string of the molecule is [B]c1c(Br)c(-c2ccccc2)n(-c2ccc(C)cc2)c1-c1ccccc1. The van der Waals surface area contributed by atoms with E-state index in [-0.39, 0.29) is 0 Å². The van der Waals surface area contributed by atoms with Gasteiger partial charge < -0.3 is 4.57 Å². The predicted octanol–water partition coefficient (Wildman–Crippen LogP) is 5.68. The zero-order valence-corrected chi connectivity index (χ0v) is 16.1. The number of aromatic nitrogens is 1. The minimum Gasteiger partial charge on any atom is -0.309 e. The lowest BCUT2D eigenvalue weighted by molar-refractivity contribution is 1.09. The van der Waals surface area contributed by atoms with Gasteiger partial charge in [-0.2, -0.15) is 0 Å². The van der Waals surface area contributed by atoms with E-state index in [1.807, 2.05) is 36.4 Å². The molecule has 3 aromatic carbocycles. The van der Waals surface area contributed by atoms with Crippen LogP contribution in [0.2, 0.25) is 0 Å². The van der Waals surface area contributed by atoms with Crippen LogP contribution in [0.25, 0.3) is 28.2 Å². The van der Waals surface area contributed by atoms with Crippen molar-refractivity contribution in [1.82, 2.24) is 4.57 Å². The summed E-state index contributed by atoms with van der Waals surface area (Å²) in [5.74, 6) is 0. The van der Waals surface area contributed by atoms with Gasteiger partial charge in [0.2, 0.25) is 0 Å². The highest BCUT2D eigenvalue weighted by atomic mass is 79.9. The van der Waals surface area contributed by atoms with E-state index in [1.54, 1.807) is 0 Å². The van der Waals surface area contributed by atoms with E-state index >= 15 is 0 Å². The number of halogens is 1. The molecule has 0 saturated carbocycles. The first-order valence-electron chi connectivity index (χ1n) is 8.54. The van der Waals surface area contributed by atoms with Crippen LogP contribution in [0.4, 0.5) is 0 Å². The first-order chi connectivity index (χ1) is 12.7. The summed E-state index contributed by atoms with van der Waals surface area (Å²) in [7, 11) is 6.57. The molecular formula is C23H17BBrN. The first-order valence-corrected chi connectivity index (χ1v) is 9.33. The van der Waals surface area contributed by atoms with Gasteiger partial charge >= 0.3 is 0 Å². The smallest absolute Gasteiger partial charge is 0.118 e. The highest BCUT2D eigenvalue weighted by Crippen LogP contribution is 2.36.